The van der Waals surface area contributed by atoms with Gasteiger partial charge in [0, 0.05) is 19.6 Å². The first-order valence-corrected chi connectivity index (χ1v) is 7.86. The van der Waals surface area contributed by atoms with E-state index in [9.17, 15) is 4.79 Å². The number of hydrogen-bond acceptors (Lipinski definition) is 3. The molecule has 0 atom stereocenters. The van der Waals surface area contributed by atoms with Crippen LogP contribution in [0.2, 0.25) is 0 Å². The lowest BCUT2D eigenvalue weighted by Gasteiger charge is -2.19. The zero-order valence-corrected chi connectivity index (χ0v) is 16.7. The number of alkyl carbamates (subject to hydrolysis) is 1. The number of hydrogen-bond donors (Lipinski definition) is 3. The lowest BCUT2D eigenvalue weighted by Crippen LogP contribution is -2.34. The highest BCUT2D eigenvalue weighted by atomic mass is 127. The molecule has 132 valence electrons. The summed E-state index contributed by atoms with van der Waals surface area (Å²) in [5.74, 6) is 0.476. The van der Waals surface area contributed by atoms with Crippen LogP contribution in [-0.4, -0.2) is 37.3 Å². The number of aliphatic imine (C=N–C) groups is 1. The van der Waals surface area contributed by atoms with Gasteiger partial charge in [0.05, 0.1) is 0 Å². The molecule has 7 heteroatoms. The maximum atomic E-state index is 11.4. The number of nitrogens with one attached hydrogen (secondary N) is 2. The summed E-state index contributed by atoms with van der Waals surface area (Å²) in [6.07, 6.45) is 5.16. The highest BCUT2D eigenvalue weighted by Crippen LogP contribution is 2.06. The van der Waals surface area contributed by atoms with Gasteiger partial charge in [-0.2, -0.15) is 0 Å². The summed E-state index contributed by atoms with van der Waals surface area (Å²) in [6.45, 7) is 9.68. The number of amides is 1. The van der Waals surface area contributed by atoms with Gasteiger partial charge in [-0.15, -0.1) is 24.0 Å². The molecule has 0 aromatic carbocycles. The Kier molecular flexibility index (Phi) is 14.9. The summed E-state index contributed by atoms with van der Waals surface area (Å²) < 4.78 is 5.13. The van der Waals surface area contributed by atoms with Crippen LogP contribution in [0.1, 0.15) is 59.8 Å². The Morgan fingerprint density at radius 1 is 1.09 bits per heavy atom. The standard InChI is InChI=1S/C15H32N4O2.HI/c1-5-6-7-8-10-17-13(16)18-11-9-12-19-14(20)21-15(2,3)4;/h5-12H2,1-4H3,(H,19,20)(H3,16,17,18);1H. The highest BCUT2D eigenvalue weighted by molar-refractivity contribution is 14.0. The van der Waals surface area contributed by atoms with E-state index in [1.54, 1.807) is 0 Å². The number of carbonyl (C=O) groups is 1. The molecule has 0 spiro atoms. The Hall–Kier alpha value is -0.730. The quantitative estimate of drug-likeness (QED) is 0.228. The first-order valence-electron chi connectivity index (χ1n) is 7.86. The number of nitrogens with two attached hydrogens (primary N) is 1. The van der Waals surface area contributed by atoms with Crippen LogP contribution in [0.4, 0.5) is 4.79 Å². The van der Waals surface area contributed by atoms with Crippen LogP contribution < -0.4 is 16.4 Å². The number of unbranched alkanes of at least 4 members (excludes halogenated alkanes) is 3. The predicted octanol–water partition coefficient (Wildman–Crippen LogP) is 3.00. The first kappa shape index (κ1) is 23.5. The average Bonchev–Trinajstić information content (AvgIpc) is 2.36. The normalized spacial score (nSPS) is 11.5. The van der Waals surface area contributed by atoms with Gasteiger partial charge in [0.1, 0.15) is 5.60 Å². The van der Waals surface area contributed by atoms with Crippen molar-refractivity contribution < 1.29 is 9.53 Å². The van der Waals surface area contributed by atoms with Crippen LogP contribution in [0.3, 0.4) is 0 Å². The molecule has 0 aliphatic carbocycles. The number of carbonyl (C=O) groups excluding carboxylic acids is 1. The van der Waals surface area contributed by atoms with Crippen LogP contribution in [0.25, 0.3) is 0 Å². The summed E-state index contributed by atoms with van der Waals surface area (Å²) in [4.78, 5) is 15.6. The van der Waals surface area contributed by atoms with E-state index in [1.807, 2.05) is 20.8 Å². The molecule has 6 nitrogen and oxygen atoms in total. The molecular formula is C15H33IN4O2. The van der Waals surface area contributed by atoms with Crippen molar-refractivity contribution in [3.05, 3.63) is 0 Å². The van der Waals surface area contributed by atoms with Gasteiger partial charge < -0.3 is 21.1 Å². The summed E-state index contributed by atoms with van der Waals surface area (Å²) in [6, 6.07) is 0. The summed E-state index contributed by atoms with van der Waals surface area (Å²) in [5.41, 5.74) is 5.28. The zero-order chi connectivity index (χ0) is 16.1. The van der Waals surface area contributed by atoms with Gasteiger partial charge in [-0.05, 0) is 33.6 Å². The maximum Gasteiger partial charge on any atom is 0.407 e. The van der Waals surface area contributed by atoms with E-state index in [1.165, 1.54) is 19.3 Å². The van der Waals surface area contributed by atoms with Crippen LogP contribution in [0.15, 0.2) is 4.99 Å². The van der Waals surface area contributed by atoms with E-state index in [0.29, 0.717) is 19.0 Å². The molecule has 1 amide bonds. The third kappa shape index (κ3) is 17.3. The van der Waals surface area contributed by atoms with Gasteiger partial charge in [-0.25, -0.2) is 4.79 Å². The number of rotatable bonds is 9. The molecule has 0 unspecified atom stereocenters. The van der Waals surface area contributed by atoms with Crippen LogP contribution in [0.5, 0.6) is 0 Å². The molecule has 0 fully saturated rings. The second kappa shape index (κ2) is 13.9. The summed E-state index contributed by atoms with van der Waals surface area (Å²) >= 11 is 0. The summed E-state index contributed by atoms with van der Waals surface area (Å²) in [7, 11) is 0. The maximum absolute atomic E-state index is 11.4. The van der Waals surface area contributed by atoms with Crippen molar-refractivity contribution in [3.63, 3.8) is 0 Å². The molecule has 0 saturated heterocycles. The van der Waals surface area contributed by atoms with Gasteiger partial charge in [0.25, 0.3) is 0 Å². The Labute approximate surface area is 152 Å². The van der Waals surface area contributed by atoms with Crippen molar-refractivity contribution >= 4 is 36.0 Å². The predicted molar refractivity (Wildman–Crippen MR) is 103 cm³/mol. The fourth-order valence-corrected chi connectivity index (χ4v) is 1.61. The second-order valence-electron chi connectivity index (χ2n) is 6.04. The Morgan fingerprint density at radius 3 is 2.32 bits per heavy atom. The second-order valence-corrected chi connectivity index (χ2v) is 6.04. The van der Waals surface area contributed by atoms with Gasteiger partial charge in [-0.1, -0.05) is 26.2 Å². The Balaban J connectivity index is 0. The topological polar surface area (TPSA) is 88.7 Å². The van der Waals surface area contributed by atoms with Crippen molar-refractivity contribution in [2.24, 2.45) is 10.7 Å². The molecule has 0 aromatic heterocycles. The van der Waals surface area contributed by atoms with Gasteiger partial charge >= 0.3 is 6.09 Å². The van der Waals surface area contributed by atoms with Gasteiger partial charge in [-0.3, -0.25) is 4.99 Å². The van der Waals surface area contributed by atoms with Crippen molar-refractivity contribution in [2.45, 2.75) is 65.4 Å². The van der Waals surface area contributed by atoms with E-state index in [-0.39, 0.29) is 24.0 Å². The third-order valence-electron chi connectivity index (χ3n) is 2.62. The molecule has 22 heavy (non-hydrogen) atoms. The minimum absolute atomic E-state index is 0. The lowest BCUT2D eigenvalue weighted by molar-refractivity contribution is 0.0527. The van der Waals surface area contributed by atoms with E-state index in [4.69, 9.17) is 10.5 Å². The SMILES string of the molecule is CCCCCCNC(N)=NCCCNC(=O)OC(C)(C)C.I. The molecule has 0 aliphatic heterocycles. The number of ether oxygens (including phenoxy) is 1. The van der Waals surface area contributed by atoms with Crippen molar-refractivity contribution in [1.82, 2.24) is 10.6 Å². The molecule has 0 heterocycles. The largest absolute Gasteiger partial charge is 0.444 e. The summed E-state index contributed by atoms with van der Waals surface area (Å²) in [5, 5.41) is 5.78. The molecule has 4 N–H and O–H groups in total. The van der Waals surface area contributed by atoms with Crippen molar-refractivity contribution in [2.75, 3.05) is 19.6 Å². The monoisotopic (exact) mass is 428 g/mol. The molecule has 0 aliphatic rings. The van der Waals surface area contributed by atoms with E-state index >= 15 is 0 Å². The number of nitrogens with zero attached hydrogens (tertiary/aromatic N) is 1. The van der Waals surface area contributed by atoms with Crippen molar-refractivity contribution in [1.29, 1.82) is 0 Å². The molecule has 0 radical (unpaired) electrons. The minimum Gasteiger partial charge on any atom is -0.444 e. The number of halogens is 1. The van der Waals surface area contributed by atoms with Gasteiger partial charge in [0.15, 0.2) is 5.96 Å². The molecule has 0 aromatic rings. The van der Waals surface area contributed by atoms with Crippen molar-refractivity contribution in [3.8, 4) is 0 Å². The fraction of sp³-hybridized carbons (Fsp3) is 0.867. The third-order valence-corrected chi connectivity index (χ3v) is 2.62. The highest BCUT2D eigenvalue weighted by Gasteiger charge is 2.15. The van der Waals surface area contributed by atoms with E-state index < -0.39 is 11.7 Å². The first-order chi connectivity index (χ1) is 9.85. The van der Waals surface area contributed by atoms with Crippen LogP contribution >= 0.6 is 24.0 Å². The fourth-order valence-electron chi connectivity index (χ4n) is 1.61. The zero-order valence-electron chi connectivity index (χ0n) is 14.4. The lowest BCUT2D eigenvalue weighted by atomic mass is 10.2. The van der Waals surface area contributed by atoms with E-state index in [0.717, 1.165) is 19.4 Å². The van der Waals surface area contributed by atoms with Crippen LogP contribution in [0, 0.1) is 0 Å². The molecular weight excluding hydrogens is 395 g/mol. The smallest absolute Gasteiger partial charge is 0.407 e. The van der Waals surface area contributed by atoms with Gasteiger partial charge in [0.2, 0.25) is 0 Å². The van der Waals surface area contributed by atoms with E-state index in [2.05, 4.69) is 22.5 Å². The number of guanidine groups is 1. The molecule has 0 bridgehead atoms. The molecule has 0 saturated carbocycles. The van der Waals surface area contributed by atoms with Crippen LogP contribution in [-0.2, 0) is 4.74 Å². The molecule has 0 rings (SSSR count). The Bertz CT molecular complexity index is 317. The Morgan fingerprint density at radius 2 is 1.73 bits per heavy atom. The average molecular weight is 428 g/mol. The minimum atomic E-state index is -0.464.